The Hall–Kier alpha value is -1.35. The highest BCUT2D eigenvalue weighted by molar-refractivity contribution is 5.69. The molecule has 0 aliphatic rings. The van der Waals surface area contributed by atoms with Crippen molar-refractivity contribution in [2.75, 3.05) is 0 Å². The van der Waals surface area contributed by atoms with Gasteiger partial charge in [0.15, 0.2) is 0 Å². The summed E-state index contributed by atoms with van der Waals surface area (Å²) < 4.78 is 5.32. The first kappa shape index (κ1) is 21.7. The molecule has 0 bridgehead atoms. The Balaban J connectivity index is 1.95. The molecular formula is C22H37NO2. The van der Waals surface area contributed by atoms with Crippen molar-refractivity contribution in [1.82, 2.24) is 0 Å². The van der Waals surface area contributed by atoms with Gasteiger partial charge in [-0.1, -0.05) is 62.8 Å². The van der Waals surface area contributed by atoms with Crippen molar-refractivity contribution < 1.29 is 9.53 Å². The minimum absolute atomic E-state index is 0.0646. The van der Waals surface area contributed by atoms with Crippen LogP contribution in [0.3, 0.4) is 0 Å². The Bertz CT molecular complexity index is 491. The zero-order valence-corrected chi connectivity index (χ0v) is 16.5. The number of hydrogen-bond donors (Lipinski definition) is 1. The first-order valence-corrected chi connectivity index (χ1v) is 9.91. The second-order valence-electron chi connectivity index (χ2n) is 7.89. The second kappa shape index (κ2) is 12.1. The number of esters is 1. The van der Waals surface area contributed by atoms with Gasteiger partial charge in [0.25, 0.3) is 0 Å². The first-order valence-electron chi connectivity index (χ1n) is 9.91. The summed E-state index contributed by atoms with van der Waals surface area (Å²) in [6, 6.07) is 8.50. The predicted octanol–water partition coefficient (Wildman–Crippen LogP) is 5.54. The molecule has 142 valence electrons. The van der Waals surface area contributed by atoms with Crippen molar-refractivity contribution in [2.45, 2.75) is 97.1 Å². The number of carbonyl (C=O) groups is 1. The van der Waals surface area contributed by atoms with Crippen molar-refractivity contribution in [1.29, 1.82) is 0 Å². The quantitative estimate of drug-likeness (QED) is 0.399. The molecule has 1 rings (SSSR count). The first-order chi connectivity index (χ1) is 11.9. The molecule has 2 N–H and O–H groups in total. The monoisotopic (exact) mass is 347 g/mol. The van der Waals surface area contributed by atoms with Crippen molar-refractivity contribution in [3.8, 4) is 0 Å². The molecule has 0 atom stereocenters. The van der Waals surface area contributed by atoms with E-state index in [0.29, 0.717) is 13.0 Å². The van der Waals surface area contributed by atoms with E-state index in [1.54, 1.807) is 0 Å². The van der Waals surface area contributed by atoms with Gasteiger partial charge in [-0.25, -0.2) is 0 Å². The lowest BCUT2D eigenvalue weighted by molar-refractivity contribution is -0.154. The van der Waals surface area contributed by atoms with Crippen LogP contribution in [0.4, 0.5) is 0 Å². The SMILES string of the molecule is CC(C)(C)OC(=O)CCCCCCCCCCc1ccccc1CN. The molecule has 0 radical (unpaired) electrons. The molecule has 0 spiro atoms. The molecule has 0 saturated heterocycles. The average molecular weight is 348 g/mol. The maximum atomic E-state index is 11.6. The molecule has 1 aromatic carbocycles. The third-order valence-electron chi connectivity index (χ3n) is 4.34. The number of benzene rings is 1. The molecule has 0 fully saturated rings. The topological polar surface area (TPSA) is 52.3 Å². The molecule has 25 heavy (non-hydrogen) atoms. The number of ether oxygens (including phenoxy) is 1. The molecule has 0 aliphatic heterocycles. The number of aryl methyl sites for hydroxylation is 1. The summed E-state index contributed by atoms with van der Waals surface area (Å²) in [6.07, 6.45) is 11.4. The predicted molar refractivity (Wildman–Crippen MR) is 105 cm³/mol. The number of unbranched alkanes of at least 4 members (excludes halogenated alkanes) is 7. The van der Waals surface area contributed by atoms with Crippen LogP contribution < -0.4 is 5.73 Å². The van der Waals surface area contributed by atoms with Gasteiger partial charge in [-0.2, -0.15) is 0 Å². The van der Waals surface area contributed by atoms with Crippen LogP contribution in [0.2, 0.25) is 0 Å². The maximum Gasteiger partial charge on any atom is 0.306 e. The normalized spacial score (nSPS) is 11.5. The molecular weight excluding hydrogens is 310 g/mol. The molecule has 0 saturated carbocycles. The smallest absolute Gasteiger partial charge is 0.306 e. The van der Waals surface area contributed by atoms with Crippen molar-refractivity contribution in [3.63, 3.8) is 0 Å². The van der Waals surface area contributed by atoms with Gasteiger partial charge in [-0.15, -0.1) is 0 Å². The van der Waals surface area contributed by atoms with E-state index < -0.39 is 0 Å². The summed E-state index contributed by atoms with van der Waals surface area (Å²) in [6.45, 7) is 6.39. The Kier molecular flexibility index (Phi) is 10.5. The maximum absolute atomic E-state index is 11.6. The summed E-state index contributed by atoms with van der Waals surface area (Å²) in [7, 11) is 0. The highest BCUT2D eigenvalue weighted by Gasteiger charge is 2.15. The molecule has 1 aromatic rings. The van der Waals surface area contributed by atoms with Gasteiger partial charge >= 0.3 is 5.97 Å². The van der Waals surface area contributed by atoms with Crippen LogP contribution in [0.5, 0.6) is 0 Å². The van der Waals surface area contributed by atoms with E-state index in [1.807, 2.05) is 20.8 Å². The highest BCUT2D eigenvalue weighted by atomic mass is 16.6. The Morgan fingerprint density at radius 3 is 1.96 bits per heavy atom. The van der Waals surface area contributed by atoms with Crippen LogP contribution in [0.1, 0.15) is 89.7 Å². The molecule has 0 aromatic heterocycles. The van der Waals surface area contributed by atoms with Gasteiger partial charge in [0.05, 0.1) is 0 Å². The van der Waals surface area contributed by atoms with E-state index in [4.69, 9.17) is 10.5 Å². The van der Waals surface area contributed by atoms with Gasteiger partial charge in [-0.05, 0) is 51.2 Å². The van der Waals surface area contributed by atoms with Gasteiger partial charge in [-0.3, -0.25) is 4.79 Å². The molecule has 0 aliphatic carbocycles. The molecule has 0 amide bonds. The molecule has 3 heteroatoms. The second-order valence-corrected chi connectivity index (χ2v) is 7.89. The lowest BCUT2D eigenvalue weighted by Gasteiger charge is -2.19. The van der Waals surface area contributed by atoms with Crippen LogP contribution in [-0.4, -0.2) is 11.6 Å². The number of hydrogen-bond acceptors (Lipinski definition) is 3. The van der Waals surface area contributed by atoms with Crippen molar-refractivity contribution in [2.24, 2.45) is 5.73 Å². The molecule has 0 heterocycles. The number of rotatable bonds is 12. The average Bonchev–Trinajstić information content (AvgIpc) is 2.55. The fraction of sp³-hybridized carbons (Fsp3) is 0.682. The minimum Gasteiger partial charge on any atom is -0.460 e. The summed E-state index contributed by atoms with van der Waals surface area (Å²) in [5, 5.41) is 0. The van der Waals surface area contributed by atoms with E-state index in [-0.39, 0.29) is 11.6 Å². The standard InChI is InChI=1S/C22H37NO2/c1-22(2,3)25-21(24)17-11-9-7-5-4-6-8-10-14-19-15-12-13-16-20(19)18-23/h12-13,15-16H,4-11,14,17-18,23H2,1-3H3. The van der Waals surface area contributed by atoms with E-state index in [1.165, 1.54) is 49.7 Å². The van der Waals surface area contributed by atoms with Gasteiger partial charge in [0.1, 0.15) is 5.60 Å². The van der Waals surface area contributed by atoms with Crippen molar-refractivity contribution >= 4 is 5.97 Å². The molecule has 0 unspecified atom stereocenters. The zero-order chi connectivity index (χ0) is 18.5. The summed E-state index contributed by atoms with van der Waals surface area (Å²) >= 11 is 0. The Morgan fingerprint density at radius 1 is 0.880 bits per heavy atom. The van der Waals surface area contributed by atoms with Crippen LogP contribution in [0, 0.1) is 0 Å². The van der Waals surface area contributed by atoms with E-state index in [2.05, 4.69) is 24.3 Å². The number of carbonyl (C=O) groups excluding carboxylic acids is 1. The summed E-state index contributed by atoms with van der Waals surface area (Å²) in [5.74, 6) is -0.0646. The largest absolute Gasteiger partial charge is 0.460 e. The minimum atomic E-state index is -0.359. The zero-order valence-electron chi connectivity index (χ0n) is 16.5. The number of nitrogens with two attached hydrogens (primary N) is 1. The highest BCUT2D eigenvalue weighted by Crippen LogP contribution is 2.15. The van der Waals surface area contributed by atoms with Gasteiger partial charge in [0.2, 0.25) is 0 Å². The van der Waals surface area contributed by atoms with Gasteiger partial charge in [0, 0.05) is 13.0 Å². The van der Waals surface area contributed by atoms with E-state index in [0.717, 1.165) is 19.3 Å². The van der Waals surface area contributed by atoms with E-state index in [9.17, 15) is 4.79 Å². The molecule has 3 nitrogen and oxygen atoms in total. The summed E-state index contributed by atoms with van der Waals surface area (Å²) in [4.78, 5) is 11.6. The van der Waals surface area contributed by atoms with E-state index >= 15 is 0 Å². The Labute approximate surface area is 154 Å². The third-order valence-corrected chi connectivity index (χ3v) is 4.34. The van der Waals surface area contributed by atoms with Crippen molar-refractivity contribution in [3.05, 3.63) is 35.4 Å². The Morgan fingerprint density at radius 2 is 1.40 bits per heavy atom. The van der Waals surface area contributed by atoms with Gasteiger partial charge < -0.3 is 10.5 Å². The third kappa shape index (κ3) is 11.0. The van der Waals surface area contributed by atoms with Crippen LogP contribution in [0.15, 0.2) is 24.3 Å². The fourth-order valence-electron chi connectivity index (χ4n) is 3.04. The lowest BCUT2D eigenvalue weighted by atomic mass is 10.00. The van der Waals surface area contributed by atoms with Crippen LogP contribution in [0.25, 0.3) is 0 Å². The fourth-order valence-corrected chi connectivity index (χ4v) is 3.04. The summed E-state index contributed by atoms with van der Waals surface area (Å²) in [5.41, 5.74) is 8.11. The van der Waals surface area contributed by atoms with Crippen LogP contribution >= 0.6 is 0 Å². The van der Waals surface area contributed by atoms with Crippen LogP contribution in [-0.2, 0) is 22.5 Å². The lowest BCUT2D eigenvalue weighted by Crippen LogP contribution is -2.23.